The van der Waals surface area contributed by atoms with E-state index in [0.717, 1.165) is 96.5 Å². The number of halogens is 12. The van der Waals surface area contributed by atoms with Crippen LogP contribution in [-0.2, 0) is 46.8 Å². The number of alkyl halides is 6. The van der Waals surface area contributed by atoms with E-state index < -0.39 is 148 Å². The molecule has 6 heterocycles. The van der Waals surface area contributed by atoms with Gasteiger partial charge >= 0.3 is 17.8 Å². The van der Waals surface area contributed by atoms with E-state index in [-0.39, 0.29) is 69.4 Å². The fraction of sp³-hybridized carbons (Fsp3) is 0.416. The van der Waals surface area contributed by atoms with Crippen LogP contribution in [0.1, 0.15) is 161 Å². The number of carbonyl (C=O) groups excluding carboxylic acids is 5. The van der Waals surface area contributed by atoms with Gasteiger partial charge in [0.05, 0.1) is 22.4 Å². The molecule has 576 valence electrons. The van der Waals surface area contributed by atoms with Gasteiger partial charge in [-0.15, -0.1) is 0 Å². The summed E-state index contributed by atoms with van der Waals surface area (Å²) in [5, 5.41) is 7.47. The summed E-state index contributed by atoms with van der Waals surface area (Å²) in [6.45, 7) is 8.21. The third kappa shape index (κ3) is 18.7. The van der Waals surface area contributed by atoms with Gasteiger partial charge < -0.3 is 36.4 Å². The highest BCUT2D eigenvalue weighted by molar-refractivity contribution is 7.98. The molecule has 5 unspecified atom stereocenters. The largest absolute Gasteiger partial charge is 0.364 e. The van der Waals surface area contributed by atoms with Crippen molar-refractivity contribution in [2.45, 2.75) is 189 Å². The lowest BCUT2D eigenvalue weighted by Gasteiger charge is -2.51. The summed E-state index contributed by atoms with van der Waals surface area (Å²) in [5.41, 5.74) is 3.32. The number of nitrogens with two attached hydrogens (primary N) is 1. The molecule has 6 aromatic carbocycles. The Kier molecular flexibility index (Phi) is 24.3. The van der Waals surface area contributed by atoms with Crippen molar-refractivity contribution in [1.82, 2.24) is 24.1 Å². The van der Waals surface area contributed by atoms with Crippen molar-refractivity contribution >= 4 is 77.8 Å². The van der Waals surface area contributed by atoms with Crippen LogP contribution in [0.3, 0.4) is 0 Å². The molecule has 0 aromatic heterocycles. The van der Waals surface area contributed by atoms with Crippen molar-refractivity contribution in [3.8, 4) is 0 Å². The molecule has 6 aromatic rings. The summed E-state index contributed by atoms with van der Waals surface area (Å²) in [6.07, 6.45) is 11.4. The molecule has 6 aliphatic rings. The first-order chi connectivity index (χ1) is 50.1. The summed E-state index contributed by atoms with van der Waals surface area (Å²) < 4.78 is 208. The minimum atomic E-state index is -4.22. The third-order valence-electron chi connectivity index (χ3n) is 20.4. The molecule has 0 spiro atoms. The molecule has 12 rings (SSSR count). The summed E-state index contributed by atoms with van der Waals surface area (Å²) >= 11 is 0. The maximum atomic E-state index is 15.6. The van der Waals surface area contributed by atoms with E-state index in [1.807, 2.05) is 0 Å². The van der Waals surface area contributed by atoms with Gasteiger partial charge in [-0.25, -0.2) is 35.8 Å². The number of piperidine rings is 6. The Balaban J connectivity index is 0.000000172. The van der Waals surface area contributed by atoms with Crippen LogP contribution in [0, 0.1) is 55.7 Å². The molecule has 0 saturated carbocycles. The van der Waals surface area contributed by atoms with Gasteiger partial charge in [0.25, 0.3) is 29.5 Å². The number of aryl methyl sites for hydroxylation is 3. The highest BCUT2D eigenvalue weighted by Crippen LogP contribution is 2.47. The van der Waals surface area contributed by atoms with Crippen LogP contribution in [-0.4, -0.2) is 131 Å². The summed E-state index contributed by atoms with van der Waals surface area (Å²) in [5.74, 6) is -15.4. The number of benzene rings is 6. The van der Waals surface area contributed by atoms with Crippen LogP contribution in [0.4, 0.5) is 69.7 Å². The summed E-state index contributed by atoms with van der Waals surface area (Å²) in [4.78, 5) is 68.3. The number of hydrogen-bond donors (Lipinski definition) is 6. The monoisotopic (exact) mass is 1540 g/mol. The number of fused-ring (bicyclic) bond motifs is 6. The van der Waals surface area contributed by atoms with E-state index >= 15 is 26.3 Å². The van der Waals surface area contributed by atoms with Crippen LogP contribution < -0.4 is 31.1 Å². The van der Waals surface area contributed by atoms with Gasteiger partial charge in [0.1, 0.15) is 34.9 Å². The molecule has 0 radical (unpaired) electrons. The highest BCUT2D eigenvalue weighted by atomic mass is 32.2. The lowest BCUT2D eigenvalue weighted by atomic mass is 9.81. The first-order valence-corrected chi connectivity index (χ1v) is 39.2. The Labute approximate surface area is 613 Å². The van der Waals surface area contributed by atoms with E-state index in [4.69, 9.17) is 5.73 Å². The van der Waals surface area contributed by atoms with E-state index in [9.17, 15) is 58.7 Å². The Morgan fingerprint density at radius 2 is 0.673 bits per heavy atom. The SMILES string of the molecule is C=C(N1[C@@H]2CCC[C@H]1CC(N)C2)C(F)(F)c1cc(C(=O)Nc2ccc(F)c(C)c2)ccc1F.C=S(C)(=O)NC1C[C@H]2CCC[C@@H](C1)N2C(=O)C(F)(F)c1cc(C(=O)Nc2ccc(F)c(C)c2)ccc1F.C=S(C)(=O)NC1C[C@H]2CCC[C@@H](C1)N2C(=O)C(F)(F)c1cc(C(=O)Nc2ccc(F)c(C)c2)ccc1F. The summed E-state index contributed by atoms with van der Waals surface area (Å²) in [7, 11) is -5.03. The predicted molar refractivity (Wildman–Crippen MR) is 389 cm³/mol. The number of anilines is 3. The molecular formula is C77H85F12N9O7S2. The molecule has 6 bridgehead atoms. The van der Waals surface area contributed by atoms with Gasteiger partial charge in [0.2, 0.25) is 0 Å². The van der Waals surface area contributed by atoms with Crippen LogP contribution >= 0.6 is 0 Å². The molecule has 6 aliphatic heterocycles. The highest BCUT2D eigenvalue weighted by Gasteiger charge is 2.55. The smallest absolute Gasteiger partial charge is 0.352 e. The molecule has 107 heavy (non-hydrogen) atoms. The minimum Gasteiger partial charge on any atom is -0.364 e. The molecule has 5 amide bonds. The molecular weight excluding hydrogens is 1460 g/mol. The second-order valence-electron chi connectivity index (χ2n) is 28.9. The second kappa shape index (κ2) is 32.2. The molecule has 6 saturated heterocycles. The maximum Gasteiger partial charge on any atom is 0.352 e. The lowest BCUT2D eigenvalue weighted by Crippen LogP contribution is -2.61. The Hall–Kier alpha value is -8.71. The quantitative estimate of drug-likeness (QED) is 0.0378. The third-order valence-corrected chi connectivity index (χ3v) is 22.1. The number of rotatable bonds is 17. The number of nitrogens with zero attached hydrogens (tertiary/aromatic N) is 3. The van der Waals surface area contributed by atoms with Crippen molar-refractivity contribution in [3.05, 3.63) is 206 Å². The zero-order chi connectivity index (χ0) is 78.2. The lowest BCUT2D eigenvalue weighted by molar-refractivity contribution is -0.170. The van der Waals surface area contributed by atoms with Gasteiger partial charge in [-0.2, -0.15) is 26.3 Å². The minimum absolute atomic E-state index is 0.0446. The van der Waals surface area contributed by atoms with Crippen LogP contribution in [0.15, 0.2) is 121 Å². The Bertz CT molecular complexity index is 4420. The standard InChI is InChI=1S/2C26H29F4N3O3S.C25H27F4N3O/c2*1-15-11-17(8-10-22(15)27)31-24(34)16-7-9-23(28)21(12-16)26(29,30)25(35)33-19-5-4-6-20(33)14-18(13-19)32-37(2,3)36;1-14-10-18(7-9-22(14)26)31-24(33)16-6-8-23(27)21(11-16)25(28,29)15(2)32-19-4-3-5-20(32)13-17(30)12-19/h2*7-12,18-20H,2,4-6,13-14H2,1,3H3,(H,31,34)(H,32,36);6-11,17,19-20H,2-5,12-13,30H2,1H3,(H,31,33)/t2*18?,19-,20+,37?;17?,19-,20+. The maximum absolute atomic E-state index is 15.6. The van der Waals surface area contributed by atoms with E-state index in [0.29, 0.717) is 87.6 Å². The van der Waals surface area contributed by atoms with Crippen LogP contribution in [0.2, 0.25) is 0 Å². The molecule has 16 nitrogen and oxygen atoms in total. The molecule has 7 N–H and O–H groups in total. The van der Waals surface area contributed by atoms with Crippen LogP contribution in [0.5, 0.6) is 0 Å². The van der Waals surface area contributed by atoms with Crippen molar-refractivity contribution in [3.63, 3.8) is 0 Å². The van der Waals surface area contributed by atoms with Crippen molar-refractivity contribution in [2.75, 3.05) is 28.5 Å². The van der Waals surface area contributed by atoms with Gasteiger partial charge in [-0.3, -0.25) is 32.4 Å². The number of nitrogens with one attached hydrogen (secondary N) is 5. The number of carbonyl (C=O) groups is 5. The zero-order valence-corrected chi connectivity index (χ0v) is 61.1. The molecule has 0 aliphatic carbocycles. The average Bonchev–Trinajstić information content (AvgIpc) is 0.764. The van der Waals surface area contributed by atoms with E-state index in [2.05, 4.69) is 43.7 Å². The Morgan fingerprint density at radius 3 is 0.944 bits per heavy atom. The number of hydrogen-bond acceptors (Lipinski definition) is 9. The number of allylic oxidation sites excluding steroid dienone is 1. The average molecular weight is 1540 g/mol. The van der Waals surface area contributed by atoms with Gasteiger partial charge in [-0.05, 0) is 255 Å². The molecule has 30 heteroatoms. The fourth-order valence-corrected chi connectivity index (χ4v) is 17.4. The van der Waals surface area contributed by atoms with Gasteiger partial charge in [-0.1, -0.05) is 6.58 Å². The Morgan fingerprint density at radius 1 is 0.411 bits per heavy atom. The predicted octanol–water partition coefficient (Wildman–Crippen LogP) is 14.2. The van der Waals surface area contributed by atoms with E-state index in [1.165, 1.54) is 75.7 Å². The molecule has 6 fully saturated rings. The first-order valence-electron chi connectivity index (χ1n) is 34.9. The second-order valence-corrected chi connectivity index (χ2v) is 33.4. The fourth-order valence-electron chi connectivity index (χ4n) is 15.6. The van der Waals surface area contributed by atoms with Crippen molar-refractivity contribution in [1.29, 1.82) is 0 Å². The van der Waals surface area contributed by atoms with Gasteiger partial charge in [0.15, 0.2) is 0 Å². The summed E-state index contributed by atoms with van der Waals surface area (Å²) in [6, 6.07) is 16.5. The van der Waals surface area contributed by atoms with Crippen molar-refractivity contribution in [2.24, 2.45) is 5.73 Å². The topological polar surface area (TPSA) is 215 Å². The zero-order valence-electron chi connectivity index (χ0n) is 59.4. The van der Waals surface area contributed by atoms with E-state index in [1.54, 1.807) is 4.90 Å². The van der Waals surface area contributed by atoms with Crippen LogP contribution in [0.25, 0.3) is 0 Å². The van der Waals surface area contributed by atoms with Crippen molar-refractivity contribution < 1.29 is 85.1 Å². The molecule has 11 atom stereocenters. The first kappa shape index (κ1) is 80.8. The number of amides is 5. The van der Waals surface area contributed by atoms with Gasteiger partial charge in [0, 0.05) is 120 Å². The normalized spacial score (nSPS) is 23.1.